The van der Waals surface area contributed by atoms with Crippen LogP contribution in [0.15, 0.2) is 16.7 Å². The fraction of sp³-hybridized carbons (Fsp3) is 0.545. The minimum absolute atomic E-state index is 0.283. The Balaban J connectivity index is 2.12. The van der Waals surface area contributed by atoms with E-state index in [1.54, 1.807) is 13.2 Å². The first kappa shape index (κ1) is 14.7. The van der Waals surface area contributed by atoms with Gasteiger partial charge in [0.25, 0.3) is 5.91 Å². The van der Waals surface area contributed by atoms with Gasteiger partial charge in [0.15, 0.2) is 0 Å². The van der Waals surface area contributed by atoms with E-state index in [1.165, 1.54) is 6.26 Å². The zero-order valence-corrected chi connectivity index (χ0v) is 10.3. The number of furan rings is 1. The SMILES string of the molecule is COCCOCCOCc1cc(C(=O)NN)co1. The molecule has 0 spiro atoms. The number of hydrogen-bond donors (Lipinski definition) is 2. The summed E-state index contributed by atoms with van der Waals surface area (Å²) in [5, 5.41) is 0. The van der Waals surface area contributed by atoms with Crippen LogP contribution >= 0.6 is 0 Å². The maximum atomic E-state index is 11.1. The van der Waals surface area contributed by atoms with Crippen molar-refractivity contribution in [3.63, 3.8) is 0 Å². The standard InChI is InChI=1S/C11H18N2O5/c1-15-2-3-16-4-5-17-8-10-6-9(7-18-10)11(14)13-12/h6-7H,2-5,8,12H2,1H3,(H,13,14). The lowest BCUT2D eigenvalue weighted by atomic mass is 10.3. The second-order valence-electron chi connectivity index (χ2n) is 3.43. The van der Waals surface area contributed by atoms with Crippen LogP contribution in [-0.4, -0.2) is 39.4 Å². The Morgan fingerprint density at radius 2 is 2.06 bits per heavy atom. The first-order valence-corrected chi connectivity index (χ1v) is 5.50. The summed E-state index contributed by atoms with van der Waals surface area (Å²) in [6.45, 7) is 2.33. The highest BCUT2D eigenvalue weighted by molar-refractivity contribution is 5.93. The number of rotatable bonds is 9. The number of nitrogen functional groups attached to an aromatic ring is 1. The Morgan fingerprint density at radius 3 is 2.78 bits per heavy atom. The minimum atomic E-state index is -0.395. The first-order chi connectivity index (χ1) is 8.77. The maximum Gasteiger partial charge on any atom is 0.268 e. The molecular formula is C11H18N2O5. The van der Waals surface area contributed by atoms with Gasteiger partial charge in [0.2, 0.25) is 0 Å². The molecule has 7 nitrogen and oxygen atoms in total. The number of carbonyl (C=O) groups is 1. The molecule has 1 rings (SSSR count). The Kier molecular flexibility index (Phi) is 7.04. The molecular weight excluding hydrogens is 240 g/mol. The lowest BCUT2D eigenvalue weighted by Crippen LogP contribution is -2.29. The molecule has 0 fully saturated rings. The van der Waals surface area contributed by atoms with Crippen LogP contribution in [0.25, 0.3) is 0 Å². The summed E-state index contributed by atoms with van der Waals surface area (Å²) in [7, 11) is 1.62. The van der Waals surface area contributed by atoms with Crippen LogP contribution in [0.2, 0.25) is 0 Å². The predicted molar refractivity (Wildman–Crippen MR) is 62.7 cm³/mol. The summed E-state index contributed by atoms with van der Waals surface area (Å²) in [4.78, 5) is 11.1. The molecule has 1 aromatic rings. The third kappa shape index (κ3) is 5.28. The van der Waals surface area contributed by atoms with E-state index in [9.17, 15) is 4.79 Å². The Morgan fingerprint density at radius 1 is 1.33 bits per heavy atom. The third-order valence-corrected chi connectivity index (χ3v) is 2.10. The van der Waals surface area contributed by atoms with Gasteiger partial charge in [0.1, 0.15) is 18.6 Å². The first-order valence-electron chi connectivity index (χ1n) is 5.50. The summed E-state index contributed by atoms with van der Waals surface area (Å²) in [5.74, 6) is 5.16. The molecule has 102 valence electrons. The van der Waals surface area contributed by atoms with E-state index in [0.717, 1.165) is 0 Å². The van der Waals surface area contributed by atoms with Crippen molar-refractivity contribution in [3.05, 3.63) is 23.7 Å². The quantitative estimate of drug-likeness (QED) is 0.281. The lowest BCUT2D eigenvalue weighted by Gasteiger charge is -2.03. The van der Waals surface area contributed by atoms with Gasteiger partial charge in [0.05, 0.1) is 32.0 Å². The number of nitrogens with two attached hydrogens (primary N) is 1. The normalized spacial score (nSPS) is 10.6. The van der Waals surface area contributed by atoms with Crippen molar-refractivity contribution < 1.29 is 23.4 Å². The molecule has 18 heavy (non-hydrogen) atoms. The van der Waals surface area contributed by atoms with Gasteiger partial charge in [-0.1, -0.05) is 0 Å². The second-order valence-corrected chi connectivity index (χ2v) is 3.43. The van der Waals surface area contributed by atoms with E-state index in [-0.39, 0.29) is 6.61 Å². The summed E-state index contributed by atoms with van der Waals surface area (Å²) in [5.41, 5.74) is 2.39. The summed E-state index contributed by atoms with van der Waals surface area (Å²) in [6, 6.07) is 1.58. The van der Waals surface area contributed by atoms with E-state index in [2.05, 4.69) is 0 Å². The molecule has 0 bridgehead atoms. The van der Waals surface area contributed by atoms with Crippen LogP contribution in [0.3, 0.4) is 0 Å². The fourth-order valence-electron chi connectivity index (χ4n) is 1.19. The molecule has 0 atom stereocenters. The number of nitrogens with one attached hydrogen (secondary N) is 1. The molecule has 0 aliphatic heterocycles. The van der Waals surface area contributed by atoms with Crippen molar-refractivity contribution in [2.24, 2.45) is 5.84 Å². The molecule has 1 heterocycles. The molecule has 0 radical (unpaired) electrons. The average Bonchev–Trinajstić information content (AvgIpc) is 2.85. The fourth-order valence-corrected chi connectivity index (χ4v) is 1.19. The summed E-state index contributed by atoms with van der Waals surface area (Å²) in [6.07, 6.45) is 1.33. The van der Waals surface area contributed by atoms with Gasteiger partial charge in [0, 0.05) is 7.11 Å². The molecule has 1 amide bonds. The summed E-state index contributed by atoms with van der Waals surface area (Å²) < 4.78 is 20.5. The average molecular weight is 258 g/mol. The monoisotopic (exact) mass is 258 g/mol. The van der Waals surface area contributed by atoms with Gasteiger partial charge in [-0.25, -0.2) is 5.84 Å². The van der Waals surface area contributed by atoms with Gasteiger partial charge in [-0.05, 0) is 6.07 Å². The Hall–Kier alpha value is -1.41. The van der Waals surface area contributed by atoms with Crippen LogP contribution in [-0.2, 0) is 20.8 Å². The summed E-state index contributed by atoms with van der Waals surface area (Å²) >= 11 is 0. The largest absolute Gasteiger partial charge is 0.466 e. The van der Waals surface area contributed by atoms with Gasteiger partial charge in [-0.2, -0.15) is 0 Å². The molecule has 0 aliphatic rings. The van der Waals surface area contributed by atoms with E-state index in [0.29, 0.717) is 37.8 Å². The van der Waals surface area contributed by atoms with Crippen molar-refractivity contribution in [2.45, 2.75) is 6.61 Å². The van der Waals surface area contributed by atoms with Gasteiger partial charge in [-0.15, -0.1) is 0 Å². The van der Waals surface area contributed by atoms with E-state index >= 15 is 0 Å². The third-order valence-electron chi connectivity index (χ3n) is 2.10. The van der Waals surface area contributed by atoms with Crippen LogP contribution < -0.4 is 11.3 Å². The van der Waals surface area contributed by atoms with Crippen LogP contribution in [0.4, 0.5) is 0 Å². The van der Waals surface area contributed by atoms with Crippen LogP contribution in [0.5, 0.6) is 0 Å². The maximum absolute atomic E-state index is 11.1. The van der Waals surface area contributed by atoms with Gasteiger partial charge in [-0.3, -0.25) is 10.2 Å². The zero-order chi connectivity index (χ0) is 13.2. The van der Waals surface area contributed by atoms with Gasteiger partial charge < -0.3 is 18.6 Å². The molecule has 7 heteroatoms. The highest BCUT2D eigenvalue weighted by Gasteiger charge is 2.08. The molecule has 0 saturated carbocycles. The minimum Gasteiger partial charge on any atom is -0.466 e. The molecule has 0 saturated heterocycles. The van der Waals surface area contributed by atoms with Crippen molar-refractivity contribution >= 4 is 5.91 Å². The van der Waals surface area contributed by atoms with E-state index < -0.39 is 5.91 Å². The lowest BCUT2D eigenvalue weighted by molar-refractivity contribution is 0.0162. The molecule has 3 N–H and O–H groups in total. The van der Waals surface area contributed by atoms with Crippen molar-refractivity contribution in [2.75, 3.05) is 33.5 Å². The number of hydrazine groups is 1. The molecule has 0 aromatic carbocycles. The molecule has 0 unspecified atom stereocenters. The van der Waals surface area contributed by atoms with E-state index in [4.69, 9.17) is 24.5 Å². The topological polar surface area (TPSA) is 96.0 Å². The number of ether oxygens (including phenoxy) is 3. The Bertz CT molecular complexity index is 353. The smallest absolute Gasteiger partial charge is 0.268 e. The van der Waals surface area contributed by atoms with E-state index in [1.807, 2.05) is 5.43 Å². The number of carbonyl (C=O) groups excluding carboxylic acids is 1. The molecule has 1 aromatic heterocycles. The highest BCUT2D eigenvalue weighted by atomic mass is 16.5. The van der Waals surface area contributed by atoms with Crippen LogP contribution in [0, 0.1) is 0 Å². The van der Waals surface area contributed by atoms with Crippen molar-refractivity contribution in [1.29, 1.82) is 0 Å². The number of hydrogen-bond acceptors (Lipinski definition) is 6. The van der Waals surface area contributed by atoms with Crippen molar-refractivity contribution in [3.8, 4) is 0 Å². The Labute approximate surface area is 105 Å². The number of amides is 1. The highest BCUT2D eigenvalue weighted by Crippen LogP contribution is 2.08. The predicted octanol–water partition coefficient (Wildman–Crippen LogP) is 0.0627. The van der Waals surface area contributed by atoms with Crippen LogP contribution in [0.1, 0.15) is 16.1 Å². The molecule has 0 aliphatic carbocycles. The number of methoxy groups -OCH3 is 1. The van der Waals surface area contributed by atoms with Gasteiger partial charge >= 0.3 is 0 Å². The zero-order valence-electron chi connectivity index (χ0n) is 10.3. The van der Waals surface area contributed by atoms with Crippen molar-refractivity contribution in [1.82, 2.24) is 5.43 Å². The second kappa shape index (κ2) is 8.65.